The van der Waals surface area contributed by atoms with Crippen LogP contribution in [0.5, 0.6) is 0 Å². The molecule has 0 aromatic heterocycles. The van der Waals surface area contributed by atoms with Crippen LogP contribution in [0.3, 0.4) is 0 Å². The minimum absolute atomic E-state index is 0.153. The van der Waals surface area contributed by atoms with Crippen molar-refractivity contribution in [2.75, 3.05) is 6.54 Å². The lowest BCUT2D eigenvalue weighted by atomic mass is 10.1. The first-order valence-corrected chi connectivity index (χ1v) is 8.03. The standard InChI is InChI=1S/C18H27NO2/c1-4-7-8-9-10-11-14-19-17(20)15(12-5-2)16(13-6-3)18(19)21/h5-6,12-13H,4,7-11,14H2,1-3H3/b12-5-,13-6-. The van der Waals surface area contributed by atoms with Crippen LogP contribution in [0.4, 0.5) is 0 Å². The van der Waals surface area contributed by atoms with Crippen molar-refractivity contribution in [1.29, 1.82) is 0 Å². The summed E-state index contributed by atoms with van der Waals surface area (Å²) in [4.78, 5) is 26.0. The molecule has 0 atom stereocenters. The summed E-state index contributed by atoms with van der Waals surface area (Å²) < 4.78 is 0. The van der Waals surface area contributed by atoms with Gasteiger partial charge in [-0.25, -0.2) is 0 Å². The summed E-state index contributed by atoms with van der Waals surface area (Å²) in [6.07, 6.45) is 14.0. The lowest BCUT2D eigenvalue weighted by Gasteiger charge is -2.14. The van der Waals surface area contributed by atoms with E-state index in [9.17, 15) is 9.59 Å². The highest BCUT2D eigenvalue weighted by Crippen LogP contribution is 2.23. The first kappa shape index (κ1) is 17.4. The maximum Gasteiger partial charge on any atom is 0.261 e. The van der Waals surface area contributed by atoms with E-state index in [4.69, 9.17) is 0 Å². The van der Waals surface area contributed by atoms with Gasteiger partial charge in [0.2, 0.25) is 0 Å². The molecule has 0 aromatic rings. The maximum absolute atomic E-state index is 12.3. The molecule has 1 aliphatic rings. The van der Waals surface area contributed by atoms with Gasteiger partial charge in [-0.2, -0.15) is 0 Å². The molecule has 0 unspecified atom stereocenters. The van der Waals surface area contributed by atoms with Gasteiger partial charge < -0.3 is 0 Å². The van der Waals surface area contributed by atoms with E-state index < -0.39 is 0 Å². The van der Waals surface area contributed by atoms with Gasteiger partial charge in [0.15, 0.2) is 0 Å². The second kappa shape index (κ2) is 9.32. The van der Waals surface area contributed by atoms with E-state index >= 15 is 0 Å². The van der Waals surface area contributed by atoms with Crippen LogP contribution in [-0.2, 0) is 9.59 Å². The van der Waals surface area contributed by atoms with Crippen molar-refractivity contribution in [2.45, 2.75) is 59.3 Å². The molecule has 3 nitrogen and oxygen atoms in total. The van der Waals surface area contributed by atoms with E-state index in [0.717, 1.165) is 12.8 Å². The molecule has 1 aliphatic heterocycles. The zero-order chi connectivity index (χ0) is 15.7. The Balaban J connectivity index is 2.59. The van der Waals surface area contributed by atoms with Crippen LogP contribution in [0.25, 0.3) is 0 Å². The zero-order valence-corrected chi connectivity index (χ0v) is 13.5. The number of carbonyl (C=O) groups is 2. The summed E-state index contributed by atoms with van der Waals surface area (Å²) in [7, 11) is 0. The monoisotopic (exact) mass is 289 g/mol. The predicted molar refractivity (Wildman–Crippen MR) is 86.8 cm³/mol. The van der Waals surface area contributed by atoms with Gasteiger partial charge in [-0.15, -0.1) is 0 Å². The van der Waals surface area contributed by atoms with Gasteiger partial charge in [-0.3, -0.25) is 14.5 Å². The number of hydrogen-bond donors (Lipinski definition) is 0. The average molecular weight is 289 g/mol. The lowest BCUT2D eigenvalue weighted by molar-refractivity contribution is -0.137. The van der Waals surface area contributed by atoms with Gasteiger partial charge >= 0.3 is 0 Å². The second-order valence-electron chi connectivity index (χ2n) is 5.36. The number of nitrogens with zero attached hydrogens (tertiary/aromatic N) is 1. The van der Waals surface area contributed by atoms with Crippen LogP contribution in [0.15, 0.2) is 35.5 Å². The molecular weight excluding hydrogens is 262 g/mol. The van der Waals surface area contributed by atoms with E-state index in [1.54, 1.807) is 24.3 Å². The molecule has 0 spiro atoms. The van der Waals surface area contributed by atoms with Crippen molar-refractivity contribution >= 4 is 11.8 Å². The number of hydrogen-bond acceptors (Lipinski definition) is 2. The van der Waals surface area contributed by atoms with Crippen molar-refractivity contribution in [3.05, 3.63) is 35.5 Å². The van der Waals surface area contributed by atoms with Crippen molar-refractivity contribution < 1.29 is 9.59 Å². The molecule has 1 rings (SSSR count). The molecule has 21 heavy (non-hydrogen) atoms. The van der Waals surface area contributed by atoms with Gasteiger partial charge in [0, 0.05) is 6.54 Å². The first-order chi connectivity index (χ1) is 10.2. The van der Waals surface area contributed by atoms with Crippen LogP contribution in [0.1, 0.15) is 59.3 Å². The molecule has 0 N–H and O–H groups in total. The molecule has 0 saturated heterocycles. The van der Waals surface area contributed by atoms with Crippen molar-refractivity contribution in [2.24, 2.45) is 0 Å². The average Bonchev–Trinajstić information content (AvgIpc) is 2.69. The molecule has 3 heteroatoms. The molecule has 0 saturated carbocycles. The van der Waals surface area contributed by atoms with E-state index in [1.165, 1.54) is 30.6 Å². The number of allylic oxidation sites excluding steroid dienone is 2. The van der Waals surface area contributed by atoms with Crippen molar-refractivity contribution in [3.63, 3.8) is 0 Å². The molecular formula is C18H27NO2. The molecule has 0 fully saturated rings. The van der Waals surface area contributed by atoms with Gasteiger partial charge in [0.25, 0.3) is 11.8 Å². The van der Waals surface area contributed by atoms with Gasteiger partial charge in [0.05, 0.1) is 11.1 Å². The lowest BCUT2D eigenvalue weighted by Crippen LogP contribution is -2.32. The Morgan fingerprint density at radius 3 is 1.76 bits per heavy atom. The summed E-state index contributed by atoms with van der Waals surface area (Å²) in [5, 5.41) is 0. The topological polar surface area (TPSA) is 37.4 Å². The van der Waals surface area contributed by atoms with Crippen LogP contribution < -0.4 is 0 Å². The SMILES string of the molecule is C/C=C\C1=C(/C=C\C)C(=O)N(CCCCCCCC)C1=O. The number of amides is 2. The highest BCUT2D eigenvalue weighted by atomic mass is 16.2. The van der Waals surface area contributed by atoms with E-state index in [-0.39, 0.29) is 11.8 Å². The number of rotatable bonds is 9. The summed E-state index contributed by atoms with van der Waals surface area (Å²) in [6.45, 7) is 6.44. The van der Waals surface area contributed by atoms with Crippen LogP contribution in [-0.4, -0.2) is 23.3 Å². The Labute approximate surface area is 128 Å². The molecule has 2 amide bonds. The Kier molecular flexibility index (Phi) is 7.73. The quantitative estimate of drug-likeness (QED) is 0.472. The summed E-state index contributed by atoms with van der Waals surface area (Å²) in [5.74, 6) is -0.306. The minimum Gasteiger partial charge on any atom is -0.274 e. The maximum atomic E-state index is 12.3. The van der Waals surface area contributed by atoms with Crippen molar-refractivity contribution in [1.82, 2.24) is 4.90 Å². The summed E-state index contributed by atoms with van der Waals surface area (Å²) >= 11 is 0. The number of carbonyl (C=O) groups excluding carboxylic acids is 2. The summed E-state index contributed by atoms with van der Waals surface area (Å²) in [5.41, 5.74) is 1.04. The fourth-order valence-corrected chi connectivity index (χ4v) is 2.52. The van der Waals surface area contributed by atoms with Gasteiger partial charge in [0.1, 0.15) is 0 Å². The van der Waals surface area contributed by atoms with Gasteiger partial charge in [-0.1, -0.05) is 63.3 Å². The third-order valence-electron chi connectivity index (χ3n) is 3.64. The Morgan fingerprint density at radius 2 is 1.29 bits per heavy atom. The van der Waals surface area contributed by atoms with Crippen LogP contribution in [0.2, 0.25) is 0 Å². The summed E-state index contributed by atoms with van der Waals surface area (Å²) in [6, 6.07) is 0. The Morgan fingerprint density at radius 1 is 0.810 bits per heavy atom. The number of imide groups is 1. The van der Waals surface area contributed by atoms with E-state index in [0.29, 0.717) is 17.7 Å². The third kappa shape index (κ3) is 4.69. The molecule has 0 aliphatic carbocycles. The molecule has 0 radical (unpaired) electrons. The second-order valence-corrected chi connectivity index (χ2v) is 5.36. The zero-order valence-electron chi connectivity index (χ0n) is 13.5. The van der Waals surface area contributed by atoms with E-state index in [2.05, 4.69) is 6.92 Å². The molecule has 0 bridgehead atoms. The predicted octanol–water partition coefficient (Wildman–Crippen LogP) is 4.16. The fourth-order valence-electron chi connectivity index (χ4n) is 2.52. The Bertz CT molecular complexity index is 424. The largest absolute Gasteiger partial charge is 0.274 e. The molecule has 1 heterocycles. The fraction of sp³-hybridized carbons (Fsp3) is 0.556. The van der Waals surface area contributed by atoms with Crippen LogP contribution >= 0.6 is 0 Å². The van der Waals surface area contributed by atoms with Gasteiger partial charge in [-0.05, 0) is 20.3 Å². The highest BCUT2D eigenvalue weighted by molar-refractivity contribution is 6.21. The van der Waals surface area contributed by atoms with Crippen molar-refractivity contribution in [3.8, 4) is 0 Å². The molecule has 0 aromatic carbocycles. The minimum atomic E-state index is -0.153. The third-order valence-corrected chi connectivity index (χ3v) is 3.64. The van der Waals surface area contributed by atoms with E-state index in [1.807, 2.05) is 13.8 Å². The number of unbranched alkanes of at least 4 members (excludes halogenated alkanes) is 5. The highest BCUT2D eigenvalue weighted by Gasteiger charge is 2.34. The van der Waals surface area contributed by atoms with Crippen LogP contribution in [0, 0.1) is 0 Å². The Hall–Kier alpha value is -1.64. The first-order valence-electron chi connectivity index (χ1n) is 8.03. The smallest absolute Gasteiger partial charge is 0.261 e. The molecule has 116 valence electrons. The normalized spacial score (nSPS) is 16.2.